The molecule has 4 aliphatic carbocycles. The van der Waals surface area contributed by atoms with Gasteiger partial charge in [0.05, 0.1) is 0 Å². The molecule has 64 valence electrons. The van der Waals surface area contributed by atoms with Crippen LogP contribution >= 0.6 is 0 Å². The Morgan fingerprint density at radius 3 is 2.42 bits per heavy atom. The minimum absolute atomic E-state index is 0.589. The van der Waals surface area contributed by atoms with Gasteiger partial charge >= 0.3 is 0 Å². The fraction of sp³-hybridized carbons (Fsp3) is 0.667. The van der Waals surface area contributed by atoms with Crippen molar-refractivity contribution >= 4 is 0 Å². The van der Waals surface area contributed by atoms with Crippen LogP contribution in [0, 0.1) is 16.7 Å². The van der Waals surface area contributed by atoms with Crippen molar-refractivity contribution in [2.75, 3.05) is 0 Å². The summed E-state index contributed by atoms with van der Waals surface area (Å²) in [5.41, 5.74) is 4.41. The molecule has 4 aliphatic rings. The van der Waals surface area contributed by atoms with Crippen LogP contribution < -0.4 is 0 Å². The van der Waals surface area contributed by atoms with Gasteiger partial charge in [-0.25, -0.2) is 0 Å². The molecule has 2 atom stereocenters. The molecule has 0 radical (unpaired) electrons. The zero-order chi connectivity index (χ0) is 8.56. The van der Waals surface area contributed by atoms with Gasteiger partial charge in [-0.15, -0.1) is 0 Å². The summed E-state index contributed by atoms with van der Waals surface area (Å²) in [4.78, 5) is 0. The number of hydrogen-bond donors (Lipinski definition) is 0. The van der Waals surface area contributed by atoms with E-state index in [-0.39, 0.29) is 0 Å². The van der Waals surface area contributed by atoms with Crippen LogP contribution in [0.3, 0.4) is 0 Å². The lowest BCUT2D eigenvalue weighted by molar-refractivity contribution is 0.457. The number of hydrogen-bond acceptors (Lipinski definition) is 0. The van der Waals surface area contributed by atoms with Gasteiger partial charge in [-0.1, -0.05) is 37.1 Å². The van der Waals surface area contributed by atoms with Crippen LogP contribution in [-0.2, 0) is 0 Å². The van der Waals surface area contributed by atoms with E-state index < -0.39 is 0 Å². The molecule has 0 aromatic heterocycles. The van der Waals surface area contributed by atoms with E-state index in [4.69, 9.17) is 0 Å². The largest absolute Gasteiger partial charge is 0.0784 e. The highest BCUT2D eigenvalue weighted by Gasteiger charge is 2.70. The van der Waals surface area contributed by atoms with Gasteiger partial charge in [0.1, 0.15) is 0 Å². The molecule has 0 aromatic rings. The average Bonchev–Trinajstić information content (AvgIpc) is 2.33. The van der Waals surface area contributed by atoms with E-state index in [1.807, 2.05) is 0 Å². The van der Waals surface area contributed by atoms with Crippen molar-refractivity contribution in [3.8, 4) is 0 Å². The summed E-state index contributed by atoms with van der Waals surface area (Å²) >= 11 is 0. The Morgan fingerprint density at radius 2 is 1.83 bits per heavy atom. The van der Waals surface area contributed by atoms with Crippen molar-refractivity contribution in [2.24, 2.45) is 16.7 Å². The Balaban J connectivity index is 2.19. The summed E-state index contributed by atoms with van der Waals surface area (Å²) in [6.45, 7) is 7.15. The molecule has 0 aromatic carbocycles. The van der Waals surface area contributed by atoms with E-state index in [0.29, 0.717) is 10.8 Å². The van der Waals surface area contributed by atoms with Crippen LogP contribution in [0.5, 0.6) is 0 Å². The summed E-state index contributed by atoms with van der Waals surface area (Å²) in [5, 5.41) is 0. The van der Waals surface area contributed by atoms with Crippen molar-refractivity contribution < 1.29 is 0 Å². The van der Waals surface area contributed by atoms with Crippen LogP contribution in [0.25, 0.3) is 0 Å². The van der Waals surface area contributed by atoms with Crippen LogP contribution in [0.4, 0.5) is 0 Å². The van der Waals surface area contributed by atoms with Gasteiger partial charge in [0.25, 0.3) is 0 Å². The lowest BCUT2D eigenvalue weighted by Crippen LogP contribution is -1.95. The molecule has 12 heavy (non-hydrogen) atoms. The summed E-state index contributed by atoms with van der Waals surface area (Å²) in [6, 6.07) is 0. The van der Waals surface area contributed by atoms with E-state index >= 15 is 0 Å². The van der Waals surface area contributed by atoms with Crippen molar-refractivity contribution in [1.29, 1.82) is 0 Å². The number of allylic oxidation sites excluding steroid dienone is 4. The molecule has 2 saturated carbocycles. The molecule has 0 N–H and O–H groups in total. The summed E-state index contributed by atoms with van der Waals surface area (Å²) in [5.74, 6) is 0.877. The minimum atomic E-state index is 0.589. The van der Waals surface area contributed by atoms with E-state index in [0.717, 1.165) is 5.92 Å². The van der Waals surface area contributed by atoms with E-state index in [1.165, 1.54) is 18.4 Å². The lowest BCUT2D eigenvalue weighted by atomic mass is 9.98. The predicted octanol–water partition coefficient (Wildman–Crippen LogP) is 3.31. The van der Waals surface area contributed by atoms with Gasteiger partial charge in [0.15, 0.2) is 0 Å². The molecule has 0 saturated heterocycles. The first-order chi connectivity index (χ1) is 5.56. The van der Waals surface area contributed by atoms with Crippen LogP contribution in [-0.4, -0.2) is 0 Å². The van der Waals surface area contributed by atoms with Gasteiger partial charge in [0, 0.05) is 0 Å². The maximum Gasteiger partial charge on any atom is -0.00103 e. The maximum atomic E-state index is 2.48. The molecular weight excluding hydrogens is 144 g/mol. The summed E-state index contributed by atoms with van der Waals surface area (Å²) in [7, 11) is 0. The molecule has 0 amide bonds. The van der Waals surface area contributed by atoms with E-state index in [2.05, 4.69) is 32.9 Å². The fourth-order valence-corrected chi connectivity index (χ4v) is 3.74. The van der Waals surface area contributed by atoms with E-state index in [9.17, 15) is 0 Å². The second-order valence-electron chi connectivity index (χ2n) is 5.30. The topological polar surface area (TPSA) is 0 Å². The first kappa shape index (κ1) is 6.94. The van der Waals surface area contributed by atoms with Crippen molar-refractivity contribution in [3.63, 3.8) is 0 Å². The molecule has 0 heterocycles. The lowest BCUT2D eigenvalue weighted by Gasteiger charge is -2.06. The number of rotatable bonds is 0. The third-order valence-corrected chi connectivity index (χ3v) is 4.56. The quantitative estimate of drug-likeness (QED) is 0.510. The predicted molar refractivity (Wildman–Crippen MR) is 50.8 cm³/mol. The average molecular weight is 160 g/mol. The minimum Gasteiger partial charge on any atom is -0.0784 e. The Hall–Kier alpha value is -0.520. The highest BCUT2D eigenvalue weighted by Crippen LogP contribution is 2.79. The van der Waals surface area contributed by atoms with Gasteiger partial charge < -0.3 is 0 Å². The maximum absolute atomic E-state index is 2.48. The smallest absolute Gasteiger partial charge is 0.00103 e. The number of fused-ring (bicyclic) bond motifs is 1. The summed E-state index contributed by atoms with van der Waals surface area (Å²) in [6.07, 6.45) is 7.73. The molecule has 0 aliphatic heterocycles. The van der Waals surface area contributed by atoms with Gasteiger partial charge in [-0.3, -0.25) is 0 Å². The van der Waals surface area contributed by atoms with Crippen molar-refractivity contribution in [3.05, 3.63) is 23.3 Å². The second kappa shape index (κ2) is 1.57. The van der Waals surface area contributed by atoms with Crippen molar-refractivity contribution in [2.45, 2.75) is 33.6 Å². The molecule has 4 bridgehead atoms. The van der Waals surface area contributed by atoms with Crippen molar-refractivity contribution in [1.82, 2.24) is 0 Å². The van der Waals surface area contributed by atoms with E-state index in [1.54, 1.807) is 5.57 Å². The second-order valence-corrected chi connectivity index (χ2v) is 5.30. The fourth-order valence-electron chi connectivity index (χ4n) is 3.74. The zero-order valence-electron chi connectivity index (χ0n) is 8.15. The third-order valence-electron chi connectivity index (χ3n) is 4.56. The summed E-state index contributed by atoms with van der Waals surface area (Å²) < 4.78 is 0. The zero-order valence-corrected chi connectivity index (χ0v) is 8.15. The van der Waals surface area contributed by atoms with Crippen LogP contribution in [0.15, 0.2) is 23.3 Å². The first-order valence-corrected chi connectivity index (χ1v) is 4.97. The molecule has 4 rings (SSSR count). The third kappa shape index (κ3) is 0.512. The molecule has 2 fully saturated rings. The highest BCUT2D eigenvalue weighted by molar-refractivity contribution is 5.53. The Kier molecular flexibility index (Phi) is 0.909. The van der Waals surface area contributed by atoms with Gasteiger partial charge in [-0.2, -0.15) is 0 Å². The molecule has 2 unspecified atom stereocenters. The Morgan fingerprint density at radius 1 is 1.25 bits per heavy atom. The van der Waals surface area contributed by atoms with Gasteiger partial charge in [0.2, 0.25) is 0 Å². The molecule has 0 spiro atoms. The highest BCUT2D eigenvalue weighted by atomic mass is 14.7. The standard InChI is InChI=1S/C12H16/c1-8-4-9-6-11(2)10(5-8)12(11,3)7-9/h4-5,9H,6-7H2,1-3H3. The molecule has 0 nitrogen and oxygen atoms in total. The SMILES string of the molecule is CC1=CC2CC3(C)C(=C1)C3(C)C2. The normalized spacial score (nSPS) is 54.4. The van der Waals surface area contributed by atoms with Gasteiger partial charge in [-0.05, 0) is 36.5 Å². The molecular formula is C12H16. The van der Waals surface area contributed by atoms with Crippen LogP contribution in [0.1, 0.15) is 33.6 Å². The Bertz CT molecular complexity index is 301. The Labute approximate surface area is 74.4 Å². The van der Waals surface area contributed by atoms with Crippen LogP contribution in [0.2, 0.25) is 0 Å². The monoisotopic (exact) mass is 160 g/mol. The first-order valence-electron chi connectivity index (χ1n) is 4.97. The molecule has 0 heteroatoms.